The lowest BCUT2D eigenvalue weighted by Gasteiger charge is -2.03. The number of anilines is 1. The molecule has 2 heterocycles. The summed E-state index contributed by atoms with van der Waals surface area (Å²) >= 11 is 6.00. The molecule has 0 unspecified atom stereocenters. The SMILES string of the molecule is Nc1ncnc2c1c(-c1ccc(Cl)cc1)nn2CCc1ccccc1. The lowest BCUT2D eigenvalue weighted by molar-refractivity contribution is 0.631. The van der Waals surface area contributed by atoms with Crippen molar-refractivity contribution in [2.24, 2.45) is 0 Å². The number of halogens is 1. The fourth-order valence-electron chi connectivity index (χ4n) is 2.88. The summed E-state index contributed by atoms with van der Waals surface area (Å²) in [7, 11) is 0. The molecule has 2 aromatic carbocycles. The van der Waals surface area contributed by atoms with Crippen molar-refractivity contribution in [3.05, 3.63) is 71.5 Å². The molecule has 0 spiro atoms. The second kappa shape index (κ2) is 6.53. The molecule has 0 atom stereocenters. The lowest BCUT2D eigenvalue weighted by Crippen LogP contribution is -2.04. The fraction of sp³-hybridized carbons (Fsp3) is 0.105. The first-order valence-corrected chi connectivity index (χ1v) is 8.37. The van der Waals surface area contributed by atoms with Gasteiger partial charge in [0, 0.05) is 17.1 Å². The zero-order valence-corrected chi connectivity index (χ0v) is 14.2. The van der Waals surface area contributed by atoms with Crippen molar-refractivity contribution in [2.45, 2.75) is 13.0 Å². The molecule has 0 fully saturated rings. The summed E-state index contributed by atoms with van der Waals surface area (Å²) in [6, 6.07) is 17.8. The Bertz CT molecular complexity index is 1010. The summed E-state index contributed by atoms with van der Waals surface area (Å²) in [5.74, 6) is 0.431. The molecule has 4 aromatic rings. The van der Waals surface area contributed by atoms with Gasteiger partial charge in [-0.15, -0.1) is 0 Å². The van der Waals surface area contributed by atoms with Crippen molar-refractivity contribution < 1.29 is 0 Å². The Morgan fingerprint density at radius 3 is 2.48 bits per heavy atom. The zero-order valence-electron chi connectivity index (χ0n) is 13.4. The van der Waals surface area contributed by atoms with Gasteiger partial charge in [0.2, 0.25) is 0 Å². The van der Waals surface area contributed by atoms with Gasteiger partial charge in [-0.1, -0.05) is 54.1 Å². The van der Waals surface area contributed by atoms with Crippen molar-refractivity contribution in [2.75, 3.05) is 5.73 Å². The monoisotopic (exact) mass is 349 g/mol. The van der Waals surface area contributed by atoms with Crippen molar-refractivity contribution in [3.8, 4) is 11.3 Å². The lowest BCUT2D eigenvalue weighted by atomic mass is 10.1. The van der Waals surface area contributed by atoms with Crippen LogP contribution in [0.4, 0.5) is 5.82 Å². The minimum atomic E-state index is 0.431. The third kappa shape index (κ3) is 3.06. The number of fused-ring (bicyclic) bond motifs is 1. The quantitative estimate of drug-likeness (QED) is 0.605. The molecule has 4 rings (SSSR count). The average Bonchev–Trinajstić information content (AvgIpc) is 3.02. The van der Waals surface area contributed by atoms with Gasteiger partial charge >= 0.3 is 0 Å². The van der Waals surface area contributed by atoms with E-state index in [-0.39, 0.29) is 0 Å². The van der Waals surface area contributed by atoms with Gasteiger partial charge in [-0.3, -0.25) is 0 Å². The molecule has 0 saturated carbocycles. The first-order chi connectivity index (χ1) is 12.2. The standard InChI is InChI=1S/C19H16ClN5/c20-15-8-6-14(7-9-15)17-16-18(21)22-12-23-19(16)25(24-17)11-10-13-4-2-1-3-5-13/h1-9,12H,10-11H2,(H2,21,22,23). The van der Waals surface area contributed by atoms with E-state index in [9.17, 15) is 0 Å². The summed E-state index contributed by atoms with van der Waals surface area (Å²) < 4.78 is 1.89. The predicted molar refractivity (Wildman–Crippen MR) is 100 cm³/mol. The van der Waals surface area contributed by atoms with Crippen LogP contribution in [0.3, 0.4) is 0 Å². The van der Waals surface area contributed by atoms with Crippen LogP contribution in [0.25, 0.3) is 22.3 Å². The highest BCUT2D eigenvalue weighted by atomic mass is 35.5. The number of aromatic nitrogens is 4. The second-order valence-corrected chi connectivity index (χ2v) is 6.21. The van der Waals surface area contributed by atoms with Gasteiger partial charge in [-0.25, -0.2) is 14.6 Å². The van der Waals surface area contributed by atoms with Crippen molar-refractivity contribution in [1.82, 2.24) is 19.7 Å². The third-order valence-electron chi connectivity index (χ3n) is 4.13. The smallest absolute Gasteiger partial charge is 0.163 e. The molecule has 0 aliphatic carbocycles. The second-order valence-electron chi connectivity index (χ2n) is 5.77. The normalized spacial score (nSPS) is 11.1. The Labute approximate surface area is 150 Å². The fourth-order valence-corrected chi connectivity index (χ4v) is 3.00. The number of nitrogen functional groups attached to an aromatic ring is 1. The van der Waals surface area contributed by atoms with Crippen molar-refractivity contribution in [1.29, 1.82) is 0 Å². The number of nitrogens with zero attached hydrogens (tertiary/aromatic N) is 4. The van der Waals surface area contributed by atoms with E-state index in [1.54, 1.807) is 0 Å². The summed E-state index contributed by atoms with van der Waals surface area (Å²) in [4.78, 5) is 8.53. The van der Waals surface area contributed by atoms with E-state index in [2.05, 4.69) is 22.1 Å². The molecular formula is C19H16ClN5. The van der Waals surface area contributed by atoms with E-state index >= 15 is 0 Å². The average molecular weight is 350 g/mol. The minimum absolute atomic E-state index is 0.431. The van der Waals surface area contributed by atoms with Crippen LogP contribution < -0.4 is 5.73 Å². The highest BCUT2D eigenvalue weighted by Gasteiger charge is 2.16. The number of rotatable bonds is 4. The van der Waals surface area contributed by atoms with Crippen LogP contribution in [0.2, 0.25) is 5.02 Å². The molecular weight excluding hydrogens is 334 g/mol. The molecule has 0 aliphatic heterocycles. The number of hydrogen-bond acceptors (Lipinski definition) is 4. The zero-order chi connectivity index (χ0) is 17.2. The number of aryl methyl sites for hydroxylation is 2. The summed E-state index contributed by atoms with van der Waals surface area (Å²) in [5, 5.41) is 6.21. The summed E-state index contributed by atoms with van der Waals surface area (Å²) in [6.45, 7) is 0.713. The van der Waals surface area contributed by atoms with Crippen LogP contribution in [-0.4, -0.2) is 19.7 Å². The molecule has 6 heteroatoms. The Morgan fingerprint density at radius 2 is 1.72 bits per heavy atom. The molecule has 0 aliphatic rings. The number of hydrogen-bond donors (Lipinski definition) is 1. The maximum atomic E-state index is 6.11. The Balaban J connectivity index is 1.77. The van der Waals surface area contributed by atoms with E-state index in [1.165, 1.54) is 11.9 Å². The van der Waals surface area contributed by atoms with Gasteiger partial charge in [0.15, 0.2) is 5.65 Å². The van der Waals surface area contributed by atoms with Gasteiger partial charge in [0.1, 0.15) is 17.8 Å². The van der Waals surface area contributed by atoms with Crippen molar-refractivity contribution in [3.63, 3.8) is 0 Å². The molecule has 0 amide bonds. The van der Waals surface area contributed by atoms with Gasteiger partial charge < -0.3 is 5.73 Å². The van der Waals surface area contributed by atoms with Gasteiger partial charge in [-0.2, -0.15) is 5.10 Å². The molecule has 2 aromatic heterocycles. The minimum Gasteiger partial charge on any atom is -0.383 e. The van der Waals surface area contributed by atoms with Crippen LogP contribution in [0.5, 0.6) is 0 Å². The first-order valence-electron chi connectivity index (χ1n) is 7.99. The van der Waals surface area contributed by atoms with E-state index in [4.69, 9.17) is 22.4 Å². The van der Waals surface area contributed by atoms with Gasteiger partial charge in [0.05, 0.1) is 5.39 Å². The van der Waals surface area contributed by atoms with E-state index in [0.29, 0.717) is 17.4 Å². The maximum absolute atomic E-state index is 6.11. The summed E-state index contributed by atoms with van der Waals surface area (Å²) in [6.07, 6.45) is 2.34. The Hall–Kier alpha value is -2.92. The van der Waals surface area contributed by atoms with Crippen LogP contribution in [-0.2, 0) is 13.0 Å². The van der Waals surface area contributed by atoms with E-state index < -0.39 is 0 Å². The van der Waals surface area contributed by atoms with Crippen LogP contribution in [0, 0.1) is 0 Å². The number of nitrogens with two attached hydrogens (primary N) is 1. The largest absolute Gasteiger partial charge is 0.383 e. The van der Waals surface area contributed by atoms with Crippen LogP contribution in [0.15, 0.2) is 60.9 Å². The summed E-state index contributed by atoms with van der Waals surface area (Å²) in [5.41, 5.74) is 9.82. The topological polar surface area (TPSA) is 69.6 Å². The molecule has 25 heavy (non-hydrogen) atoms. The van der Waals surface area contributed by atoms with Gasteiger partial charge in [0.25, 0.3) is 0 Å². The molecule has 2 N–H and O–H groups in total. The first kappa shape index (κ1) is 15.6. The molecule has 0 radical (unpaired) electrons. The Kier molecular flexibility index (Phi) is 4.07. The third-order valence-corrected chi connectivity index (χ3v) is 4.38. The predicted octanol–water partition coefficient (Wildman–Crippen LogP) is 3.97. The molecule has 0 saturated heterocycles. The van der Waals surface area contributed by atoms with Crippen LogP contribution in [0.1, 0.15) is 5.56 Å². The molecule has 124 valence electrons. The highest BCUT2D eigenvalue weighted by molar-refractivity contribution is 6.30. The van der Waals surface area contributed by atoms with E-state index in [0.717, 1.165) is 28.7 Å². The van der Waals surface area contributed by atoms with E-state index in [1.807, 2.05) is 47.1 Å². The maximum Gasteiger partial charge on any atom is 0.163 e. The van der Waals surface area contributed by atoms with Gasteiger partial charge in [-0.05, 0) is 24.1 Å². The molecule has 5 nitrogen and oxygen atoms in total. The highest BCUT2D eigenvalue weighted by Crippen LogP contribution is 2.30. The Morgan fingerprint density at radius 1 is 0.960 bits per heavy atom. The van der Waals surface area contributed by atoms with Crippen LogP contribution >= 0.6 is 11.6 Å². The number of benzene rings is 2. The molecule has 0 bridgehead atoms. The van der Waals surface area contributed by atoms with Crippen molar-refractivity contribution >= 4 is 28.5 Å².